The molecule has 1 heterocycles. The molecule has 0 spiro atoms. The Morgan fingerprint density at radius 1 is 0.914 bits per heavy atom. The Labute approximate surface area is 214 Å². The van der Waals surface area contributed by atoms with Crippen molar-refractivity contribution in [2.45, 2.75) is 31.8 Å². The number of carbonyl (C=O) groups excluding carboxylic acids is 2. The summed E-state index contributed by atoms with van der Waals surface area (Å²) >= 11 is 12.3. The zero-order valence-corrected chi connectivity index (χ0v) is 20.8. The normalized spacial score (nSPS) is 12.8. The van der Waals surface area contributed by atoms with E-state index in [9.17, 15) is 9.59 Å². The van der Waals surface area contributed by atoms with E-state index >= 15 is 0 Å². The Morgan fingerprint density at radius 3 is 2.40 bits per heavy atom. The zero-order chi connectivity index (χ0) is 24.8. The Morgan fingerprint density at radius 2 is 1.66 bits per heavy atom. The first-order valence-corrected chi connectivity index (χ1v) is 12.1. The van der Waals surface area contributed by atoms with Gasteiger partial charge in [0.15, 0.2) is 11.5 Å². The molecule has 35 heavy (non-hydrogen) atoms. The standard InChI is InChI=1S/C27H26Cl2N2O4/c1-30-27(33)23(14-18-5-3-2-4-6-18)31(16-20-7-10-21(28)22(29)13-20)26(32)12-9-19-8-11-24-25(15-19)35-17-34-24/h2-8,10-11,13,15,23H,9,12,14,16-17H2,1H3,(H,30,33)/t23-/m1/s1. The van der Waals surface area contributed by atoms with E-state index in [1.165, 1.54) is 0 Å². The van der Waals surface area contributed by atoms with E-state index in [1.807, 2.05) is 54.6 Å². The first kappa shape index (κ1) is 24.9. The summed E-state index contributed by atoms with van der Waals surface area (Å²) in [4.78, 5) is 28.2. The van der Waals surface area contributed by atoms with Crippen molar-refractivity contribution in [2.24, 2.45) is 0 Å². The summed E-state index contributed by atoms with van der Waals surface area (Å²) in [6.07, 6.45) is 1.11. The van der Waals surface area contributed by atoms with Gasteiger partial charge < -0.3 is 19.7 Å². The average Bonchev–Trinajstić information content (AvgIpc) is 3.35. The third-order valence-electron chi connectivity index (χ3n) is 5.92. The van der Waals surface area contributed by atoms with Crippen LogP contribution in [0.4, 0.5) is 0 Å². The number of nitrogens with zero attached hydrogens (tertiary/aromatic N) is 1. The fraction of sp³-hybridized carbons (Fsp3) is 0.259. The highest BCUT2D eigenvalue weighted by Gasteiger charge is 2.30. The second-order valence-corrected chi connectivity index (χ2v) is 9.09. The molecule has 0 unspecified atom stereocenters. The van der Waals surface area contributed by atoms with Crippen LogP contribution < -0.4 is 14.8 Å². The molecule has 1 aliphatic rings. The molecule has 1 N–H and O–H groups in total. The molecular formula is C27H26Cl2N2O4. The number of aryl methyl sites for hydroxylation is 1. The van der Waals surface area contributed by atoms with Crippen molar-refractivity contribution < 1.29 is 19.1 Å². The third kappa shape index (κ3) is 6.27. The predicted molar refractivity (Wildman–Crippen MR) is 136 cm³/mol. The molecule has 182 valence electrons. The first-order chi connectivity index (χ1) is 16.9. The molecule has 4 rings (SSSR count). The number of hydrogen-bond acceptors (Lipinski definition) is 4. The van der Waals surface area contributed by atoms with Crippen molar-refractivity contribution in [1.29, 1.82) is 0 Å². The second kappa shape index (κ2) is 11.5. The lowest BCUT2D eigenvalue weighted by Gasteiger charge is -2.31. The third-order valence-corrected chi connectivity index (χ3v) is 6.66. The maximum absolute atomic E-state index is 13.6. The molecule has 8 heteroatoms. The van der Waals surface area contributed by atoms with Gasteiger partial charge in [-0.15, -0.1) is 0 Å². The zero-order valence-electron chi connectivity index (χ0n) is 19.3. The number of carbonyl (C=O) groups is 2. The fourth-order valence-corrected chi connectivity index (χ4v) is 4.37. The highest BCUT2D eigenvalue weighted by Crippen LogP contribution is 2.33. The number of fused-ring (bicyclic) bond motifs is 1. The molecule has 0 fully saturated rings. The van der Waals surface area contributed by atoms with E-state index < -0.39 is 6.04 Å². The number of ether oxygens (including phenoxy) is 2. The molecule has 0 bridgehead atoms. The van der Waals surface area contributed by atoms with Gasteiger partial charge in [0.2, 0.25) is 18.6 Å². The monoisotopic (exact) mass is 512 g/mol. The average molecular weight is 513 g/mol. The quantitative estimate of drug-likeness (QED) is 0.436. The summed E-state index contributed by atoms with van der Waals surface area (Å²) in [6.45, 7) is 0.421. The fourth-order valence-electron chi connectivity index (χ4n) is 4.05. The molecule has 1 aliphatic heterocycles. The Hall–Kier alpha value is -3.22. The van der Waals surface area contributed by atoms with Crippen LogP contribution in [0.5, 0.6) is 11.5 Å². The highest BCUT2D eigenvalue weighted by atomic mass is 35.5. The summed E-state index contributed by atoms with van der Waals surface area (Å²) < 4.78 is 10.8. The lowest BCUT2D eigenvalue weighted by atomic mass is 10.0. The predicted octanol–water partition coefficient (Wildman–Crippen LogP) is 5.04. The van der Waals surface area contributed by atoms with Gasteiger partial charge in [-0.1, -0.05) is 65.7 Å². The van der Waals surface area contributed by atoms with Crippen LogP contribution in [0.25, 0.3) is 0 Å². The van der Waals surface area contributed by atoms with E-state index in [0.717, 1.165) is 16.7 Å². The van der Waals surface area contributed by atoms with Gasteiger partial charge >= 0.3 is 0 Å². The van der Waals surface area contributed by atoms with E-state index in [4.69, 9.17) is 32.7 Å². The molecule has 6 nitrogen and oxygen atoms in total. The van der Waals surface area contributed by atoms with Crippen molar-refractivity contribution in [1.82, 2.24) is 10.2 Å². The number of benzene rings is 3. The Bertz CT molecular complexity index is 1200. The molecule has 0 radical (unpaired) electrons. The lowest BCUT2D eigenvalue weighted by Crippen LogP contribution is -2.49. The van der Waals surface area contributed by atoms with Gasteiger partial charge in [0.25, 0.3) is 0 Å². The van der Waals surface area contributed by atoms with Gasteiger partial charge in [-0.05, 0) is 47.4 Å². The van der Waals surface area contributed by atoms with Crippen molar-refractivity contribution in [2.75, 3.05) is 13.8 Å². The van der Waals surface area contributed by atoms with E-state index in [-0.39, 0.29) is 31.6 Å². The summed E-state index contributed by atoms with van der Waals surface area (Å²) in [6, 6.07) is 19.9. The molecule has 0 saturated carbocycles. The number of rotatable bonds is 9. The molecule has 3 aromatic rings. The van der Waals surface area contributed by atoms with Crippen molar-refractivity contribution in [3.8, 4) is 11.5 Å². The van der Waals surface area contributed by atoms with Crippen LogP contribution in [0.2, 0.25) is 10.0 Å². The van der Waals surface area contributed by atoms with Crippen LogP contribution in [0.15, 0.2) is 66.7 Å². The summed E-state index contributed by atoms with van der Waals surface area (Å²) in [5.74, 6) is 1.00. The number of nitrogens with one attached hydrogen (secondary N) is 1. The number of likely N-dealkylation sites (N-methyl/N-ethyl adjacent to an activating group) is 1. The molecule has 0 saturated heterocycles. The summed E-state index contributed by atoms with van der Waals surface area (Å²) in [5.41, 5.74) is 2.71. The van der Waals surface area contributed by atoms with Crippen molar-refractivity contribution in [3.05, 3.63) is 93.5 Å². The summed E-state index contributed by atoms with van der Waals surface area (Å²) in [5, 5.41) is 3.55. The van der Waals surface area contributed by atoms with Gasteiger partial charge in [-0.2, -0.15) is 0 Å². The van der Waals surface area contributed by atoms with Gasteiger partial charge in [0, 0.05) is 26.4 Å². The molecule has 1 atom stereocenters. The van der Waals surface area contributed by atoms with E-state index in [1.54, 1.807) is 24.1 Å². The van der Waals surface area contributed by atoms with Crippen LogP contribution in [0.3, 0.4) is 0 Å². The minimum Gasteiger partial charge on any atom is -0.454 e. The number of halogens is 2. The maximum Gasteiger partial charge on any atom is 0.242 e. The molecule has 3 aromatic carbocycles. The van der Waals surface area contributed by atoms with Crippen LogP contribution in [0.1, 0.15) is 23.1 Å². The molecule has 2 amide bonds. The van der Waals surface area contributed by atoms with E-state index in [0.29, 0.717) is 34.4 Å². The number of amides is 2. The molecular weight excluding hydrogens is 487 g/mol. The van der Waals surface area contributed by atoms with Crippen LogP contribution in [0, 0.1) is 0 Å². The van der Waals surface area contributed by atoms with Crippen LogP contribution >= 0.6 is 23.2 Å². The number of hydrogen-bond donors (Lipinski definition) is 1. The van der Waals surface area contributed by atoms with Gasteiger partial charge in [-0.25, -0.2) is 0 Å². The topological polar surface area (TPSA) is 67.9 Å². The second-order valence-electron chi connectivity index (χ2n) is 8.28. The Kier molecular flexibility index (Phi) is 8.16. The molecule has 0 aromatic heterocycles. The van der Waals surface area contributed by atoms with Crippen molar-refractivity contribution >= 4 is 35.0 Å². The minimum atomic E-state index is -0.693. The minimum absolute atomic E-state index is 0.140. The first-order valence-electron chi connectivity index (χ1n) is 11.3. The molecule has 0 aliphatic carbocycles. The van der Waals surface area contributed by atoms with Crippen LogP contribution in [-0.4, -0.2) is 36.6 Å². The highest BCUT2D eigenvalue weighted by molar-refractivity contribution is 6.42. The van der Waals surface area contributed by atoms with Crippen molar-refractivity contribution in [3.63, 3.8) is 0 Å². The largest absolute Gasteiger partial charge is 0.454 e. The van der Waals surface area contributed by atoms with Gasteiger partial charge in [0.1, 0.15) is 6.04 Å². The van der Waals surface area contributed by atoms with Gasteiger partial charge in [0.05, 0.1) is 10.0 Å². The van der Waals surface area contributed by atoms with Crippen LogP contribution in [-0.2, 0) is 29.0 Å². The Balaban J connectivity index is 1.58. The van der Waals surface area contributed by atoms with Gasteiger partial charge in [-0.3, -0.25) is 9.59 Å². The lowest BCUT2D eigenvalue weighted by molar-refractivity contribution is -0.141. The van der Waals surface area contributed by atoms with E-state index in [2.05, 4.69) is 5.32 Å². The smallest absolute Gasteiger partial charge is 0.242 e. The summed E-state index contributed by atoms with van der Waals surface area (Å²) in [7, 11) is 1.58. The SMILES string of the molecule is CNC(=O)[C@@H](Cc1ccccc1)N(Cc1ccc(Cl)c(Cl)c1)C(=O)CCc1ccc2c(c1)OCO2. The maximum atomic E-state index is 13.6.